The van der Waals surface area contributed by atoms with Gasteiger partial charge in [-0.15, -0.1) is 15.0 Å². The van der Waals surface area contributed by atoms with Crippen LogP contribution in [0.3, 0.4) is 0 Å². The predicted octanol–water partition coefficient (Wildman–Crippen LogP) is 2.30. The van der Waals surface area contributed by atoms with Crippen LogP contribution in [-0.2, 0) is 6.42 Å². The molecule has 5 heteroatoms. The van der Waals surface area contributed by atoms with Crippen LogP contribution in [0, 0.1) is 11.3 Å². The van der Waals surface area contributed by atoms with Crippen LogP contribution < -0.4 is 4.90 Å². The third-order valence-corrected chi connectivity index (χ3v) is 3.68. The average Bonchev–Trinajstić information content (AvgIpc) is 3.16. The van der Waals surface area contributed by atoms with Gasteiger partial charge in [-0.05, 0) is 37.0 Å². The maximum absolute atomic E-state index is 9.23. The largest absolute Gasteiger partial charge is 0.353 e. The van der Waals surface area contributed by atoms with Crippen LogP contribution in [0.15, 0.2) is 24.3 Å². The van der Waals surface area contributed by atoms with Crippen molar-refractivity contribution in [2.45, 2.75) is 26.2 Å². The van der Waals surface area contributed by atoms with Gasteiger partial charge in [0.15, 0.2) is 5.82 Å². The van der Waals surface area contributed by atoms with Crippen molar-refractivity contribution in [1.29, 1.82) is 5.26 Å². The number of aromatic nitrogens is 3. The number of nitriles is 1. The summed E-state index contributed by atoms with van der Waals surface area (Å²) in [6.07, 6.45) is 3.32. The third-order valence-electron chi connectivity index (χ3n) is 3.68. The molecule has 102 valence electrons. The summed E-state index contributed by atoms with van der Waals surface area (Å²) in [6, 6.07) is 10.3. The molecular formula is C15H17N5. The number of anilines is 1. The smallest absolute Gasteiger partial charge is 0.207 e. The van der Waals surface area contributed by atoms with Gasteiger partial charge in [0.25, 0.3) is 0 Å². The Balaban J connectivity index is 1.95. The number of nitrogens with zero attached hydrogens (tertiary/aromatic N) is 5. The van der Waals surface area contributed by atoms with Crippen molar-refractivity contribution in [2.24, 2.45) is 0 Å². The zero-order valence-corrected chi connectivity index (χ0v) is 11.6. The quantitative estimate of drug-likeness (QED) is 0.856. The highest BCUT2D eigenvalue weighted by atomic mass is 15.5. The number of rotatable bonds is 3. The Kier molecular flexibility index (Phi) is 3.38. The highest BCUT2D eigenvalue weighted by Crippen LogP contribution is 2.21. The van der Waals surface area contributed by atoms with E-state index in [-0.39, 0.29) is 0 Å². The fraction of sp³-hybridized carbons (Fsp3) is 0.400. The minimum Gasteiger partial charge on any atom is -0.353 e. The Morgan fingerprint density at radius 2 is 1.85 bits per heavy atom. The lowest BCUT2D eigenvalue weighted by Crippen LogP contribution is -2.19. The standard InChI is InChI=1S/C15H17N5/c1-2-12-5-7-13(8-6-12)20-17-14(11-16)15(18-20)19-9-3-4-10-19/h5-8H,2-4,9-10H2,1H3. The Bertz CT molecular complexity index is 629. The molecule has 0 bridgehead atoms. The highest BCUT2D eigenvalue weighted by Gasteiger charge is 2.21. The molecule has 1 aliphatic heterocycles. The second-order valence-corrected chi connectivity index (χ2v) is 4.99. The maximum Gasteiger partial charge on any atom is 0.207 e. The Morgan fingerprint density at radius 1 is 1.15 bits per heavy atom. The number of hydrogen-bond donors (Lipinski definition) is 0. The molecule has 0 N–H and O–H groups in total. The van der Waals surface area contributed by atoms with E-state index in [2.05, 4.69) is 40.2 Å². The van der Waals surface area contributed by atoms with E-state index in [1.54, 1.807) is 4.80 Å². The van der Waals surface area contributed by atoms with Gasteiger partial charge in [0.05, 0.1) is 5.69 Å². The van der Waals surface area contributed by atoms with Gasteiger partial charge in [-0.2, -0.15) is 5.26 Å². The van der Waals surface area contributed by atoms with Crippen LogP contribution in [0.1, 0.15) is 31.0 Å². The van der Waals surface area contributed by atoms with Gasteiger partial charge in [-0.3, -0.25) is 0 Å². The summed E-state index contributed by atoms with van der Waals surface area (Å²) < 4.78 is 0. The van der Waals surface area contributed by atoms with Gasteiger partial charge in [-0.25, -0.2) is 0 Å². The van der Waals surface area contributed by atoms with Gasteiger partial charge in [0, 0.05) is 13.1 Å². The number of hydrogen-bond acceptors (Lipinski definition) is 4. The van der Waals surface area contributed by atoms with Gasteiger partial charge in [-0.1, -0.05) is 19.1 Å². The van der Waals surface area contributed by atoms with Crippen LogP contribution in [0.2, 0.25) is 0 Å². The summed E-state index contributed by atoms with van der Waals surface area (Å²) in [6.45, 7) is 4.05. The fourth-order valence-corrected chi connectivity index (χ4v) is 2.49. The molecule has 0 radical (unpaired) electrons. The monoisotopic (exact) mass is 267 g/mol. The van der Waals surface area contributed by atoms with Crippen LogP contribution in [0.25, 0.3) is 5.69 Å². The van der Waals surface area contributed by atoms with E-state index in [0.29, 0.717) is 11.5 Å². The van der Waals surface area contributed by atoms with E-state index in [9.17, 15) is 5.26 Å². The van der Waals surface area contributed by atoms with Crippen molar-refractivity contribution in [2.75, 3.05) is 18.0 Å². The topological polar surface area (TPSA) is 57.7 Å². The second kappa shape index (κ2) is 5.33. The molecule has 1 saturated heterocycles. The highest BCUT2D eigenvalue weighted by molar-refractivity contribution is 5.50. The van der Waals surface area contributed by atoms with Gasteiger partial charge < -0.3 is 4.90 Å². The van der Waals surface area contributed by atoms with E-state index in [0.717, 1.165) is 38.0 Å². The molecule has 2 aromatic rings. The fourth-order valence-electron chi connectivity index (χ4n) is 2.49. The summed E-state index contributed by atoms with van der Waals surface area (Å²) in [5, 5.41) is 18.0. The first-order valence-corrected chi connectivity index (χ1v) is 7.03. The Labute approximate surface area is 118 Å². The van der Waals surface area contributed by atoms with Crippen molar-refractivity contribution in [1.82, 2.24) is 15.0 Å². The van der Waals surface area contributed by atoms with Gasteiger partial charge in [0.1, 0.15) is 6.07 Å². The number of benzene rings is 1. The predicted molar refractivity (Wildman–Crippen MR) is 76.9 cm³/mol. The van der Waals surface area contributed by atoms with E-state index < -0.39 is 0 Å². The first-order chi connectivity index (χ1) is 9.81. The molecule has 3 rings (SSSR count). The first kappa shape index (κ1) is 12.7. The summed E-state index contributed by atoms with van der Waals surface area (Å²) in [5.74, 6) is 0.713. The molecule has 1 aliphatic rings. The van der Waals surface area contributed by atoms with E-state index in [1.807, 2.05) is 12.1 Å². The molecule has 2 heterocycles. The summed E-state index contributed by atoms with van der Waals surface area (Å²) in [4.78, 5) is 3.70. The van der Waals surface area contributed by atoms with Crippen molar-refractivity contribution in [3.05, 3.63) is 35.5 Å². The van der Waals surface area contributed by atoms with Gasteiger partial charge in [0.2, 0.25) is 5.69 Å². The molecule has 0 aliphatic carbocycles. The number of aryl methyl sites for hydroxylation is 1. The molecule has 1 aromatic carbocycles. The van der Waals surface area contributed by atoms with Gasteiger partial charge >= 0.3 is 0 Å². The van der Waals surface area contributed by atoms with Crippen LogP contribution in [-0.4, -0.2) is 28.1 Å². The molecule has 0 unspecified atom stereocenters. The van der Waals surface area contributed by atoms with Crippen molar-refractivity contribution >= 4 is 5.82 Å². The van der Waals surface area contributed by atoms with Crippen molar-refractivity contribution < 1.29 is 0 Å². The molecule has 0 atom stereocenters. The molecule has 1 aromatic heterocycles. The Hall–Kier alpha value is -2.35. The second-order valence-electron chi connectivity index (χ2n) is 4.99. The van der Waals surface area contributed by atoms with Crippen LogP contribution in [0.5, 0.6) is 0 Å². The minimum absolute atomic E-state index is 0.409. The average molecular weight is 267 g/mol. The summed E-state index contributed by atoms with van der Waals surface area (Å²) >= 11 is 0. The summed E-state index contributed by atoms with van der Waals surface area (Å²) in [5.41, 5.74) is 2.58. The zero-order valence-electron chi connectivity index (χ0n) is 11.6. The zero-order chi connectivity index (χ0) is 13.9. The molecule has 0 amide bonds. The first-order valence-electron chi connectivity index (χ1n) is 7.03. The molecule has 5 nitrogen and oxygen atoms in total. The molecular weight excluding hydrogens is 250 g/mol. The SMILES string of the molecule is CCc1ccc(-n2nc(C#N)c(N3CCCC3)n2)cc1. The van der Waals surface area contributed by atoms with E-state index in [1.165, 1.54) is 5.56 Å². The lowest BCUT2D eigenvalue weighted by molar-refractivity contribution is 0.743. The lowest BCUT2D eigenvalue weighted by Gasteiger charge is -2.12. The van der Waals surface area contributed by atoms with Crippen molar-refractivity contribution in [3.63, 3.8) is 0 Å². The Morgan fingerprint density at radius 3 is 2.45 bits per heavy atom. The molecule has 20 heavy (non-hydrogen) atoms. The van der Waals surface area contributed by atoms with Crippen LogP contribution >= 0.6 is 0 Å². The third kappa shape index (κ3) is 2.25. The van der Waals surface area contributed by atoms with Crippen LogP contribution in [0.4, 0.5) is 5.82 Å². The molecule has 0 saturated carbocycles. The molecule has 1 fully saturated rings. The van der Waals surface area contributed by atoms with E-state index in [4.69, 9.17) is 0 Å². The molecule has 0 spiro atoms. The summed E-state index contributed by atoms with van der Waals surface area (Å²) in [7, 11) is 0. The minimum atomic E-state index is 0.409. The van der Waals surface area contributed by atoms with Crippen molar-refractivity contribution in [3.8, 4) is 11.8 Å². The normalized spacial score (nSPS) is 14.5. The lowest BCUT2D eigenvalue weighted by atomic mass is 10.2. The maximum atomic E-state index is 9.23. The van der Waals surface area contributed by atoms with E-state index >= 15 is 0 Å².